The Morgan fingerprint density at radius 2 is 1.96 bits per heavy atom. The SMILES string of the molecule is Cc1ncoc1C(=O)N1CCC(CN2CCC3(CCCCO3)CC2)CC1. The molecule has 0 unspecified atom stereocenters. The lowest BCUT2D eigenvalue weighted by atomic mass is 9.84. The predicted octanol–water partition coefficient (Wildman–Crippen LogP) is 2.87. The molecule has 0 radical (unpaired) electrons. The van der Waals surface area contributed by atoms with E-state index in [4.69, 9.17) is 9.15 Å². The molecule has 0 atom stereocenters. The molecule has 0 aliphatic carbocycles. The van der Waals surface area contributed by atoms with Gasteiger partial charge in [-0.15, -0.1) is 0 Å². The maximum atomic E-state index is 12.5. The molecular formula is C20H31N3O3. The summed E-state index contributed by atoms with van der Waals surface area (Å²) in [6, 6.07) is 0. The number of piperidine rings is 2. The fraction of sp³-hybridized carbons (Fsp3) is 0.800. The zero-order valence-corrected chi connectivity index (χ0v) is 15.9. The first kappa shape index (κ1) is 18.0. The van der Waals surface area contributed by atoms with Gasteiger partial charge in [-0.1, -0.05) is 0 Å². The smallest absolute Gasteiger partial charge is 0.291 e. The highest BCUT2D eigenvalue weighted by molar-refractivity contribution is 5.92. The van der Waals surface area contributed by atoms with E-state index in [1.807, 2.05) is 11.8 Å². The third-order valence-electron chi connectivity index (χ3n) is 6.56. The van der Waals surface area contributed by atoms with Crippen LogP contribution in [0.25, 0.3) is 0 Å². The minimum Gasteiger partial charge on any atom is -0.438 e. The number of nitrogens with zero attached hydrogens (tertiary/aromatic N) is 3. The van der Waals surface area contributed by atoms with E-state index in [2.05, 4.69) is 9.88 Å². The van der Waals surface area contributed by atoms with Gasteiger partial charge >= 0.3 is 0 Å². The highest BCUT2D eigenvalue weighted by Gasteiger charge is 2.37. The minimum atomic E-state index is -0.00666. The molecule has 0 aromatic carbocycles. The van der Waals surface area contributed by atoms with Crippen LogP contribution in [0.4, 0.5) is 0 Å². The Bertz CT molecular complexity index is 606. The van der Waals surface area contributed by atoms with Crippen molar-refractivity contribution in [1.82, 2.24) is 14.8 Å². The summed E-state index contributed by atoms with van der Waals surface area (Å²) >= 11 is 0. The van der Waals surface area contributed by atoms with Crippen molar-refractivity contribution in [2.24, 2.45) is 5.92 Å². The number of carbonyl (C=O) groups excluding carboxylic acids is 1. The van der Waals surface area contributed by atoms with Crippen molar-refractivity contribution in [2.75, 3.05) is 39.3 Å². The molecule has 1 aromatic rings. The summed E-state index contributed by atoms with van der Waals surface area (Å²) < 4.78 is 11.4. The normalized spacial score (nSPS) is 24.9. The first-order valence-electron chi connectivity index (χ1n) is 10.2. The Morgan fingerprint density at radius 1 is 1.19 bits per heavy atom. The van der Waals surface area contributed by atoms with Crippen LogP contribution in [0.5, 0.6) is 0 Å². The lowest BCUT2D eigenvalue weighted by Gasteiger charge is -2.45. The molecule has 0 bridgehead atoms. The number of aromatic nitrogens is 1. The second kappa shape index (κ2) is 7.69. The molecule has 6 nitrogen and oxygen atoms in total. The van der Waals surface area contributed by atoms with Gasteiger partial charge in [-0.05, 0) is 57.8 Å². The predicted molar refractivity (Wildman–Crippen MR) is 98.1 cm³/mol. The molecule has 26 heavy (non-hydrogen) atoms. The van der Waals surface area contributed by atoms with Crippen LogP contribution >= 0.6 is 0 Å². The molecule has 4 heterocycles. The van der Waals surface area contributed by atoms with Gasteiger partial charge in [-0.3, -0.25) is 4.79 Å². The van der Waals surface area contributed by atoms with Crippen molar-refractivity contribution in [3.05, 3.63) is 17.8 Å². The van der Waals surface area contributed by atoms with Crippen molar-refractivity contribution >= 4 is 5.91 Å². The minimum absolute atomic E-state index is 0.00666. The van der Waals surface area contributed by atoms with Crippen LogP contribution in [0.2, 0.25) is 0 Å². The molecule has 3 fully saturated rings. The van der Waals surface area contributed by atoms with Crippen LogP contribution in [0.15, 0.2) is 10.8 Å². The fourth-order valence-corrected chi connectivity index (χ4v) is 4.78. The number of hydrogen-bond donors (Lipinski definition) is 0. The Balaban J connectivity index is 1.22. The van der Waals surface area contributed by atoms with E-state index in [-0.39, 0.29) is 11.5 Å². The number of amides is 1. The molecule has 4 rings (SSSR count). The van der Waals surface area contributed by atoms with Gasteiger partial charge in [-0.2, -0.15) is 0 Å². The molecule has 6 heteroatoms. The number of rotatable bonds is 3. The summed E-state index contributed by atoms with van der Waals surface area (Å²) in [5.74, 6) is 1.08. The van der Waals surface area contributed by atoms with Crippen LogP contribution in [-0.4, -0.2) is 65.6 Å². The molecule has 0 N–H and O–H groups in total. The van der Waals surface area contributed by atoms with E-state index in [9.17, 15) is 4.79 Å². The van der Waals surface area contributed by atoms with E-state index >= 15 is 0 Å². The van der Waals surface area contributed by atoms with Gasteiger partial charge in [0.25, 0.3) is 5.91 Å². The molecule has 1 spiro atoms. The molecule has 1 aromatic heterocycles. The van der Waals surface area contributed by atoms with Gasteiger partial charge in [-0.25, -0.2) is 4.98 Å². The highest BCUT2D eigenvalue weighted by atomic mass is 16.5. The Hall–Kier alpha value is -1.40. The molecule has 3 saturated heterocycles. The first-order chi connectivity index (χ1) is 12.7. The standard InChI is InChI=1S/C20H31N3O3/c1-16-18(25-15-21-16)19(24)23-9-4-17(5-10-23)14-22-11-7-20(8-12-22)6-2-3-13-26-20/h15,17H,2-14H2,1H3. The van der Waals surface area contributed by atoms with Crippen LogP contribution in [0.3, 0.4) is 0 Å². The molecule has 3 aliphatic rings. The van der Waals surface area contributed by atoms with E-state index in [1.165, 1.54) is 45.0 Å². The summed E-state index contributed by atoms with van der Waals surface area (Å²) in [4.78, 5) is 21.1. The number of carbonyl (C=O) groups is 1. The van der Waals surface area contributed by atoms with E-state index in [0.717, 1.165) is 45.6 Å². The summed E-state index contributed by atoms with van der Waals surface area (Å²) in [5.41, 5.74) is 0.878. The second-order valence-corrected chi connectivity index (χ2v) is 8.29. The van der Waals surface area contributed by atoms with E-state index in [1.54, 1.807) is 0 Å². The van der Waals surface area contributed by atoms with Gasteiger partial charge in [0.2, 0.25) is 5.76 Å². The van der Waals surface area contributed by atoms with Crippen molar-refractivity contribution in [2.45, 2.75) is 57.5 Å². The summed E-state index contributed by atoms with van der Waals surface area (Å²) in [5, 5.41) is 0. The number of hydrogen-bond acceptors (Lipinski definition) is 5. The fourth-order valence-electron chi connectivity index (χ4n) is 4.78. The van der Waals surface area contributed by atoms with Crippen molar-refractivity contribution in [1.29, 1.82) is 0 Å². The first-order valence-corrected chi connectivity index (χ1v) is 10.2. The Kier molecular flexibility index (Phi) is 5.32. The topological polar surface area (TPSA) is 58.8 Å². The van der Waals surface area contributed by atoms with Gasteiger partial charge in [0.05, 0.1) is 11.3 Å². The van der Waals surface area contributed by atoms with Gasteiger partial charge in [0.15, 0.2) is 6.39 Å². The lowest BCUT2D eigenvalue weighted by molar-refractivity contribution is -0.112. The maximum Gasteiger partial charge on any atom is 0.291 e. The molecular weight excluding hydrogens is 330 g/mol. The van der Waals surface area contributed by atoms with Gasteiger partial charge in [0, 0.05) is 39.3 Å². The summed E-state index contributed by atoms with van der Waals surface area (Å²) in [6.07, 6.45) is 9.71. The quantitative estimate of drug-likeness (QED) is 0.828. The highest BCUT2D eigenvalue weighted by Crippen LogP contribution is 2.35. The van der Waals surface area contributed by atoms with Crippen molar-refractivity contribution in [3.8, 4) is 0 Å². The Morgan fingerprint density at radius 3 is 2.58 bits per heavy atom. The van der Waals surface area contributed by atoms with Gasteiger partial charge in [0.1, 0.15) is 0 Å². The molecule has 0 saturated carbocycles. The number of aryl methyl sites for hydroxylation is 1. The number of oxazole rings is 1. The average molecular weight is 361 g/mol. The van der Waals surface area contributed by atoms with E-state index < -0.39 is 0 Å². The van der Waals surface area contributed by atoms with Crippen LogP contribution < -0.4 is 0 Å². The number of ether oxygens (including phenoxy) is 1. The maximum absolute atomic E-state index is 12.5. The van der Waals surface area contributed by atoms with Crippen LogP contribution in [0, 0.1) is 12.8 Å². The summed E-state index contributed by atoms with van der Waals surface area (Å²) in [6.45, 7) is 7.92. The largest absolute Gasteiger partial charge is 0.438 e. The lowest BCUT2D eigenvalue weighted by Crippen LogP contribution is -2.49. The third-order valence-corrected chi connectivity index (χ3v) is 6.56. The monoisotopic (exact) mass is 361 g/mol. The molecule has 144 valence electrons. The Labute approximate surface area is 155 Å². The van der Waals surface area contributed by atoms with Gasteiger partial charge < -0.3 is 19.0 Å². The van der Waals surface area contributed by atoms with E-state index in [0.29, 0.717) is 17.4 Å². The average Bonchev–Trinajstić information content (AvgIpc) is 3.11. The zero-order valence-electron chi connectivity index (χ0n) is 15.9. The van der Waals surface area contributed by atoms with Crippen molar-refractivity contribution in [3.63, 3.8) is 0 Å². The van der Waals surface area contributed by atoms with Crippen LogP contribution in [0.1, 0.15) is 61.2 Å². The van der Waals surface area contributed by atoms with Crippen molar-refractivity contribution < 1.29 is 13.9 Å². The molecule has 1 amide bonds. The third kappa shape index (κ3) is 3.81. The zero-order chi connectivity index (χ0) is 18.0. The second-order valence-electron chi connectivity index (χ2n) is 8.29. The van der Waals surface area contributed by atoms with Crippen LogP contribution in [-0.2, 0) is 4.74 Å². The number of likely N-dealkylation sites (tertiary alicyclic amines) is 2. The molecule has 3 aliphatic heterocycles. The summed E-state index contributed by atoms with van der Waals surface area (Å²) in [7, 11) is 0.